The molecule has 4 heteroatoms. The Labute approximate surface area is 84.8 Å². The fourth-order valence-corrected chi connectivity index (χ4v) is 1.37. The predicted octanol–water partition coefficient (Wildman–Crippen LogP) is 0.681. The quantitative estimate of drug-likeness (QED) is 0.729. The normalized spacial score (nSPS) is 15.4. The minimum atomic E-state index is -0.728. The Kier molecular flexibility index (Phi) is 3.66. The molecular formula is C10H19N3O. The average Bonchev–Trinajstić information content (AvgIpc) is 2.52. The molecule has 0 aliphatic carbocycles. The number of nitrogens with zero attached hydrogens (tertiary/aromatic N) is 2. The molecule has 0 radical (unpaired) electrons. The van der Waals surface area contributed by atoms with Crippen molar-refractivity contribution < 1.29 is 5.11 Å². The smallest absolute Gasteiger partial charge is 0.105 e. The van der Waals surface area contributed by atoms with Crippen LogP contribution >= 0.6 is 0 Å². The van der Waals surface area contributed by atoms with Crippen molar-refractivity contribution in [3.63, 3.8) is 0 Å². The zero-order chi connectivity index (χ0) is 10.6. The SMILES string of the molecule is Cc1nccn1CCCC(C)(O)CN. The van der Waals surface area contributed by atoms with E-state index in [4.69, 9.17) is 5.73 Å². The summed E-state index contributed by atoms with van der Waals surface area (Å²) in [5.74, 6) is 1.01. The molecule has 0 bridgehead atoms. The Morgan fingerprint density at radius 2 is 2.36 bits per heavy atom. The fraction of sp³-hybridized carbons (Fsp3) is 0.700. The number of rotatable bonds is 5. The Balaban J connectivity index is 2.32. The van der Waals surface area contributed by atoms with Gasteiger partial charge in [0.25, 0.3) is 0 Å². The minimum absolute atomic E-state index is 0.315. The maximum absolute atomic E-state index is 9.67. The first-order valence-corrected chi connectivity index (χ1v) is 4.95. The zero-order valence-corrected chi connectivity index (χ0v) is 8.90. The summed E-state index contributed by atoms with van der Waals surface area (Å²) < 4.78 is 2.08. The highest BCUT2D eigenvalue weighted by Gasteiger charge is 2.16. The van der Waals surface area contributed by atoms with Crippen molar-refractivity contribution >= 4 is 0 Å². The van der Waals surface area contributed by atoms with E-state index in [1.165, 1.54) is 0 Å². The standard InChI is InChI=1S/C10H19N3O/c1-9-12-5-7-13(9)6-3-4-10(2,14)8-11/h5,7,14H,3-4,6,8,11H2,1-2H3. The molecule has 0 aliphatic heterocycles. The Morgan fingerprint density at radius 1 is 1.64 bits per heavy atom. The lowest BCUT2D eigenvalue weighted by Crippen LogP contribution is -2.34. The van der Waals surface area contributed by atoms with Crippen LogP contribution in [-0.4, -0.2) is 26.8 Å². The molecule has 1 aromatic rings. The topological polar surface area (TPSA) is 64.1 Å². The Bertz CT molecular complexity index is 281. The van der Waals surface area contributed by atoms with Gasteiger partial charge in [-0.2, -0.15) is 0 Å². The van der Waals surface area contributed by atoms with E-state index in [1.807, 2.05) is 13.1 Å². The monoisotopic (exact) mass is 197 g/mol. The van der Waals surface area contributed by atoms with Gasteiger partial charge < -0.3 is 15.4 Å². The summed E-state index contributed by atoms with van der Waals surface area (Å²) in [4.78, 5) is 4.13. The van der Waals surface area contributed by atoms with Crippen LogP contribution in [0, 0.1) is 6.92 Å². The highest BCUT2D eigenvalue weighted by Crippen LogP contribution is 2.11. The van der Waals surface area contributed by atoms with Crippen LogP contribution in [0.4, 0.5) is 0 Å². The fourth-order valence-electron chi connectivity index (χ4n) is 1.37. The molecule has 0 spiro atoms. The third-order valence-electron chi connectivity index (χ3n) is 2.48. The third kappa shape index (κ3) is 3.12. The van der Waals surface area contributed by atoms with Crippen molar-refractivity contribution in [2.75, 3.05) is 6.54 Å². The van der Waals surface area contributed by atoms with Crippen LogP contribution in [0.1, 0.15) is 25.6 Å². The van der Waals surface area contributed by atoms with Crippen molar-refractivity contribution in [2.45, 2.75) is 38.8 Å². The van der Waals surface area contributed by atoms with E-state index in [-0.39, 0.29) is 0 Å². The predicted molar refractivity (Wildman–Crippen MR) is 55.9 cm³/mol. The molecule has 1 atom stereocenters. The van der Waals surface area contributed by atoms with E-state index >= 15 is 0 Å². The Morgan fingerprint density at radius 3 is 2.86 bits per heavy atom. The van der Waals surface area contributed by atoms with Gasteiger partial charge in [-0.1, -0.05) is 0 Å². The molecule has 1 heterocycles. The van der Waals surface area contributed by atoms with Gasteiger partial charge in [-0.05, 0) is 26.7 Å². The van der Waals surface area contributed by atoms with Gasteiger partial charge in [0.15, 0.2) is 0 Å². The summed E-state index contributed by atoms with van der Waals surface area (Å²) in [6.45, 7) is 4.95. The van der Waals surface area contributed by atoms with Gasteiger partial charge in [0, 0.05) is 25.5 Å². The number of aromatic nitrogens is 2. The summed E-state index contributed by atoms with van der Waals surface area (Å²) >= 11 is 0. The molecule has 14 heavy (non-hydrogen) atoms. The van der Waals surface area contributed by atoms with Gasteiger partial charge in [-0.3, -0.25) is 0 Å². The number of nitrogens with two attached hydrogens (primary N) is 1. The maximum Gasteiger partial charge on any atom is 0.105 e. The first kappa shape index (κ1) is 11.2. The van der Waals surface area contributed by atoms with Crippen LogP contribution in [0.15, 0.2) is 12.4 Å². The van der Waals surface area contributed by atoms with Crippen molar-refractivity contribution in [1.82, 2.24) is 9.55 Å². The second-order valence-electron chi connectivity index (χ2n) is 3.97. The van der Waals surface area contributed by atoms with Gasteiger partial charge in [0.1, 0.15) is 5.82 Å². The molecule has 3 N–H and O–H groups in total. The van der Waals surface area contributed by atoms with E-state index in [1.54, 1.807) is 13.1 Å². The minimum Gasteiger partial charge on any atom is -0.389 e. The number of aliphatic hydroxyl groups is 1. The van der Waals surface area contributed by atoms with E-state index in [2.05, 4.69) is 9.55 Å². The molecule has 1 rings (SSSR count). The number of aryl methyl sites for hydroxylation is 2. The van der Waals surface area contributed by atoms with Crippen LogP contribution in [0.2, 0.25) is 0 Å². The van der Waals surface area contributed by atoms with Crippen LogP contribution in [0.3, 0.4) is 0 Å². The highest BCUT2D eigenvalue weighted by atomic mass is 16.3. The summed E-state index contributed by atoms with van der Waals surface area (Å²) in [5, 5.41) is 9.67. The summed E-state index contributed by atoms with van der Waals surface area (Å²) in [5.41, 5.74) is 4.70. The lowest BCUT2D eigenvalue weighted by Gasteiger charge is -2.20. The molecule has 0 aliphatic rings. The summed E-state index contributed by atoms with van der Waals surface area (Å²) in [7, 11) is 0. The lowest BCUT2D eigenvalue weighted by atomic mass is 10.0. The molecule has 1 aromatic heterocycles. The second kappa shape index (κ2) is 4.57. The zero-order valence-electron chi connectivity index (χ0n) is 8.90. The second-order valence-corrected chi connectivity index (χ2v) is 3.97. The maximum atomic E-state index is 9.67. The Hall–Kier alpha value is -0.870. The van der Waals surface area contributed by atoms with E-state index < -0.39 is 5.60 Å². The number of imidazole rings is 1. The third-order valence-corrected chi connectivity index (χ3v) is 2.48. The van der Waals surface area contributed by atoms with Crippen molar-refractivity contribution in [3.8, 4) is 0 Å². The lowest BCUT2D eigenvalue weighted by molar-refractivity contribution is 0.0566. The average molecular weight is 197 g/mol. The van der Waals surface area contributed by atoms with Gasteiger partial charge in [0.2, 0.25) is 0 Å². The number of hydrogen-bond donors (Lipinski definition) is 2. The van der Waals surface area contributed by atoms with Crippen molar-refractivity contribution in [2.24, 2.45) is 5.73 Å². The molecular weight excluding hydrogens is 178 g/mol. The van der Waals surface area contributed by atoms with Crippen LogP contribution in [0.25, 0.3) is 0 Å². The van der Waals surface area contributed by atoms with Crippen LogP contribution in [0.5, 0.6) is 0 Å². The molecule has 80 valence electrons. The summed E-state index contributed by atoms with van der Waals surface area (Å²) in [6, 6.07) is 0. The van der Waals surface area contributed by atoms with Crippen molar-refractivity contribution in [1.29, 1.82) is 0 Å². The molecule has 0 amide bonds. The van der Waals surface area contributed by atoms with E-state index in [0.717, 1.165) is 25.2 Å². The first-order valence-electron chi connectivity index (χ1n) is 4.95. The van der Waals surface area contributed by atoms with E-state index in [0.29, 0.717) is 6.54 Å². The van der Waals surface area contributed by atoms with Crippen LogP contribution in [-0.2, 0) is 6.54 Å². The molecule has 0 saturated heterocycles. The largest absolute Gasteiger partial charge is 0.389 e. The first-order chi connectivity index (χ1) is 6.55. The molecule has 0 aromatic carbocycles. The molecule has 0 fully saturated rings. The molecule has 0 saturated carbocycles. The molecule has 4 nitrogen and oxygen atoms in total. The van der Waals surface area contributed by atoms with Gasteiger partial charge in [0.05, 0.1) is 5.60 Å². The highest BCUT2D eigenvalue weighted by molar-refractivity contribution is 4.88. The van der Waals surface area contributed by atoms with E-state index in [9.17, 15) is 5.11 Å². The number of hydrogen-bond acceptors (Lipinski definition) is 3. The van der Waals surface area contributed by atoms with Crippen molar-refractivity contribution in [3.05, 3.63) is 18.2 Å². The van der Waals surface area contributed by atoms with Gasteiger partial charge in [-0.15, -0.1) is 0 Å². The molecule has 1 unspecified atom stereocenters. The summed E-state index contributed by atoms with van der Waals surface area (Å²) in [6.07, 6.45) is 5.38. The van der Waals surface area contributed by atoms with Crippen LogP contribution < -0.4 is 5.73 Å². The van der Waals surface area contributed by atoms with Gasteiger partial charge >= 0.3 is 0 Å². The van der Waals surface area contributed by atoms with Gasteiger partial charge in [-0.25, -0.2) is 4.98 Å².